The Morgan fingerprint density at radius 2 is 1.79 bits per heavy atom. The molecule has 0 aliphatic carbocycles. The molecule has 39 heavy (non-hydrogen) atoms. The number of rotatable bonds is 8. The van der Waals surface area contributed by atoms with Gasteiger partial charge in [0.2, 0.25) is 11.5 Å². The van der Waals surface area contributed by atoms with Crippen LogP contribution in [-0.2, 0) is 10.3 Å². The van der Waals surface area contributed by atoms with Gasteiger partial charge in [-0.25, -0.2) is 9.98 Å². The number of para-hydroxylation sites is 1. The van der Waals surface area contributed by atoms with Crippen LogP contribution in [0.1, 0.15) is 50.2 Å². The second-order valence-electron chi connectivity index (χ2n) is 9.30. The smallest absolute Gasteiger partial charge is 0.268 e. The first-order valence-corrected chi connectivity index (χ1v) is 13.0. The lowest BCUT2D eigenvalue weighted by molar-refractivity contribution is -0.131. The number of aromatic nitrogens is 2. The Kier molecular flexibility index (Phi) is 8.61. The number of allylic oxidation sites excluding steroid dienone is 3. The van der Waals surface area contributed by atoms with Crippen molar-refractivity contribution >= 4 is 23.4 Å². The summed E-state index contributed by atoms with van der Waals surface area (Å²) in [6.45, 7) is 12.2. The summed E-state index contributed by atoms with van der Waals surface area (Å²) in [4.78, 5) is 35.0. The highest BCUT2D eigenvalue weighted by atomic mass is 16.2. The van der Waals surface area contributed by atoms with E-state index >= 15 is 0 Å². The monoisotopic (exact) mass is 518 g/mol. The van der Waals surface area contributed by atoms with Crippen LogP contribution in [0.15, 0.2) is 119 Å². The van der Waals surface area contributed by atoms with Crippen LogP contribution in [0.2, 0.25) is 0 Å². The molecule has 1 aliphatic heterocycles. The van der Waals surface area contributed by atoms with E-state index in [2.05, 4.69) is 28.8 Å². The zero-order valence-electron chi connectivity index (χ0n) is 22.9. The van der Waals surface area contributed by atoms with E-state index in [4.69, 9.17) is 9.98 Å². The molecule has 1 amide bonds. The summed E-state index contributed by atoms with van der Waals surface area (Å²) in [6, 6.07) is 18.6. The van der Waals surface area contributed by atoms with Gasteiger partial charge in [-0.3, -0.25) is 19.7 Å². The van der Waals surface area contributed by atoms with E-state index in [-0.39, 0.29) is 11.9 Å². The van der Waals surface area contributed by atoms with E-state index in [1.165, 1.54) is 0 Å². The molecule has 1 aromatic carbocycles. The van der Waals surface area contributed by atoms with Crippen LogP contribution < -0.4 is 5.32 Å². The molecule has 0 bridgehead atoms. The molecule has 3 heterocycles. The summed E-state index contributed by atoms with van der Waals surface area (Å²) < 4.78 is 0. The first kappa shape index (κ1) is 27.4. The first-order valence-electron chi connectivity index (χ1n) is 13.0. The third-order valence-electron chi connectivity index (χ3n) is 6.52. The lowest BCUT2D eigenvalue weighted by Gasteiger charge is -2.29. The van der Waals surface area contributed by atoms with Crippen LogP contribution in [0.3, 0.4) is 0 Å². The van der Waals surface area contributed by atoms with Gasteiger partial charge in [0, 0.05) is 18.1 Å². The Morgan fingerprint density at radius 3 is 2.46 bits per heavy atom. The highest BCUT2D eigenvalue weighted by Gasteiger charge is 2.54. The van der Waals surface area contributed by atoms with Gasteiger partial charge in [0.1, 0.15) is 5.84 Å². The molecule has 7 heteroatoms. The molecule has 198 valence electrons. The van der Waals surface area contributed by atoms with Gasteiger partial charge in [-0.1, -0.05) is 68.1 Å². The quantitative estimate of drug-likeness (QED) is 0.208. The predicted octanol–water partition coefficient (Wildman–Crippen LogP) is 6.55. The van der Waals surface area contributed by atoms with Crippen molar-refractivity contribution in [3.63, 3.8) is 0 Å². The van der Waals surface area contributed by atoms with E-state index in [0.29, 0.717) is 17.1 Å². The second-order valence-corrected chi connectivity index (χ2v) is 9.30. The molecule has 7 nitrogen and oxygen atoms in total. The summed E-state index contributed by atoms with van der Waals surface area (Å²) in [5, 5.41) is 3.35. The van der Waals surface area contributed by atoms with Gasteiger partial charge in [0.15, 0.2) is 0 Å². The third-order valence-corrected chi connectivity index (χ3v) is 6.52. The van der Waals surface area contributed by atoms with Crippen molar-refractivity contribution in [3.8, 4) is 0 Å². The Hall–Kier alpha value is -4.65. The minimum Gasteiger partial charge on any atom is -0.344 e. The lowest BCUT2D eigenvalue weighted by atomic mass is 9.86. The van der Waals surface area contributed by atoms with Gasteiger partial charge in [-0.15, -0.1) is 0 Å². The third kappa shape index (κ3) is 5.77. The number of amidine groups is 1. The van der Waals surface area contributed by atoms with E-state index in [1.54, 1.807) is 23.4 Å². The number of carbonyl (C=O) groups is 1. The number of anilines is 1. The number of pyridine rings is 2. The average Bonchev–Trinajstić information content (AvgIpc) is 3.24. The van der Waals surface area contributed by atoms with Crippen molar-refractivity contribution in [2.45, 2.75) is 45.7 Å². The first-order chi connectivity index (χ1) is 18.9. The van der Waals surface area contributed by atoms with Gasteiger partial charge in [0.05, 0.1) is 17.4 Å². The largest absolute Gasteiger partial charge is 0.344 e. The van der Waals surface area contributed by atoms with Gasteiger partial charge < -0.3 is 5.32 Å². The van der Waals surface area contributed by atoms with Crippen LogP contribution in [0.4, 0.5) is 5.69 Å². The second kappa shape index (κ2) is 12.3. The summed E-state index contributed by atoms with van der Waals surface area (Å²) >= 11 is 0. The Bertz CT molecular complexity index is 1440. The van der Waals surface area contributed by atoms with Crippen LogP contribution in [-0.4, -0.2) is 32.6 Å². The van der Waals surface area contributed by atoms with Gasteiger partial charge in [-0.2, -0.15) is 0 Å². The van der Waals surface area contributed by atoms with Crippen molar-refractivity contribution in [2.75, 3.05) is 5.32 Å². The molecule has 0 saturated heterocycles. The number of guanidine groups is 1. The van der Waals surface area contributed by atoms with Gasteiger partial charge in [-0.05, 0) is 68.7 Å². The number of benzene rings is 1. The van der Waals surface area contributed by atoms with Crippen molar-refractivity contribution in [1.29, 1.82) is 0 Å². The number of aliphatic imine (C=N–C) groups is 2. The molecule has 1 aliphatic rings. The Labute approximate surface area is 230 Å². The number of hydrogen-bond acceptors (Lipinski definition) is 5. The number of carbonyl (C=O) groups excluding carboxylic acids is 1. The molecule has 0 saturated carbocycles. The SMILES string of the molecule is C=C(/C=C\C=C/CC)C1(c2ccccn2)N=C(/N=C(\C)Nc2ccccc2C)N(C(C)c2ccccn2)C1=O. The maximum absolute atomic E-state index is 14.5. The van der Waals surface area contributed by atoms with E-state index in [0.717, 1.165) is 23.4 Å². The molecule has 2 aromatic heterocycles. The summed E-state index contributed by atoms with van der Waals surface area (Å²) in [7, 11) is 0. The molecular weight excluding hydrogens is 484 g/mol. The average molecular weight is 519 g/mol. The fraction of sp³-hybridized carbons (Fsp3) is 0.219. The van der Waals surface area contributed by atoms with E-state index in [9.17, 15) is 4.79 Å². The van der Waals surface area contributed by atoms with Gasteiger partial charge in [0.25, 0.3) is 5.91 Å². The molecule has 3 aromatic rings. The molecule has 0 radical (unpaired) electrons. The van der Waals surface area contributed by atoms with Crippen LogP contribution >= 0.6 is 0 Å². The van der Waals surface area contributed by atoms with Crippen molar-refractivity contribution in [3.05, 3.63) is 126 Å². The zero-order chi connectivity index (χ0) is 27.8. The predicted molar refractivity (Wildman–Crippen MR) is 158 cm³/mol. The molecule has 2 unspecified atom stereocenters. The topological polar surface area (TPSA) is 82.8 Å². The highest BCUT2D eigenvalue weighted by Crippen LogP contribution is 2.42. The molecule has 4 rings (SSSR count). The van der Waals surface area contributed by atoms with Gasteiger partial charge >= 0.3 is 0 Å². The summed E-state index contributed by atoms with van der Waals surface area (Å²) in [5.74, 6) is 0.579. The van der Waals surface area contributed by atoms with Crippen LogP contribution in [0.5, 0.6) is 0 Å². The minimum absolute atomic E-state index is 0.265. The minimum atomic E-state index is -1.47. The molecular formula is C32H34N6O. The van der Waals surface area contributed by atoms with E-state index in [1.807, 2.05) is 99.7 Å². The number of amides is 1. The molecule has 2 atom stereocenters. The van der Waals surface area contributed by atoms with E-state index < -0.39 is 11.6 Å². The maximum Gasteiger partial charge on any atom is 0.268 e. The zero-order valence-corrected chi connectivity index (χ0v) is 22.9. The fourth-order valence-electron chi connectivity index (χ4n) is 4.41. The maximum atomic E-state index is 14.5. The highest BCUT2D eigenvalue weighted by molar-refractivity contribution is 6.14. The summed E-state index contributed by atoms with van der Waals surface area (Å²) in [5.41, 5.74) is 2.25. The van der Waals surface area contributed by atoms with Crippen molar-refractivity contribution in [1.82, 2.24) is 14.9 Å². The number of aryl methyl sites for hydroxylation is 1. The molecule has 0 fully saturated rings. The number of nitrogens with zero attached hydrogens (tertiary/aromatic N) is 5. The Balaban J connectivity index is 1.86. The lowest BCUT2D eigenvalue weighted by Crippen LogP contribution is -2.43. The summed E-state index contributed by atoms with van der Waals surface area (Å²) in [6.07, 6.45) is 11.9. The van der Waals surface area contributed by atoms with Crippen LogP contribution in [0, 0.1) is 6.92 Å². The Morgan fingerprint density at radius 1 is 1.08 bits per heavy atom. The standard InChI is InChI=1S/C32H34N6O/c1-6-7-8-9-17-24(3)32(29-20-13-15-22-34-29)30(39)38(25(4)28-19-12-14-21-33-28)31(37-32)36-26(5)35-27-18-11-10-16-23(27)2/h7-22,25H,3,6H2,1-2,4-5H3,(H,35,36,37)/b8-7-,17-9-. The van der Waals surface area contributed by atoms with Crippen molar-refractivity contribution in [2.24, 2.45) is 9.98 Å². The van der Waals surface area contributed by atoms with Crippen LogP contribution in [0.25, 0.3) is 0 Å². The normalized spacial score (nSPS) is 18.6. The number of hydrogen-bond donors (Lipinski definition) is 1. The number of nitrogens with one attached hydrogen (secondary N) is 1. The fourth-order valence-corrected chi connectivity index (χ4v) is 4.41. The van der Waals surface area contributed by atoms with Crippen molar-refractivity contribution < 1.29 is 4.79 Å². The molecule has 1 N–H and O–H groups in total. The molecule has 0 spiro atoms.